The molecular weight excluding hydrogens is 254 g/mol. The van der Waals surface area contributed by atoms with Crippen LogP contribution in [0.3, 0.4) is 0 Å². The van der Waals surface area contributed by atoms with E-state index < -0.39 is 10.2 Å². The van der Waals surface area contributed by atoms with Crippen LogP contribution in [0, 0.1) is 5.92 Å². The van der Waals surface area contributed by atoms with E-state index in [9.17, 15) is 13.2 Å². The number of hydrogen-bond acceptors (Lipinski definition) is 3. The Kier molecular flexibility index (Phi) is 4.24. The van der Waals surface area contributed by atoms with Gasteiger partial charge in [0.2, 0.25) is 5.91 Å². The lowest BCUT2D eigenvalue weighted by molar-refractivity contribution is -0.122. The van der Waals surface area contributed by atoms with Crippen LogP contribution < -0.4 is 10.5 Å². The molecule has 18 heavy (non-hydrogen) atoms. The minimum atomic E-state index is -3.38. The Labute approximate surface area is 108 Å². The van der Waals surface area contributed by atoms with Crippen LogP contribution in [0.25, 0.3) is 0 Å². The van der Waals surface area contributed by atoms with Gasteiger partial charge in [-0.2, -0.15) is 17.4 Å². The second-order valence-electron chi connectivity index (χ2n) is 5.18. The number of rotatable bonds is 4. The fourth-order valence-corrected chi connectivity index (χ4v) is 4.21. The molecule has 1 aliphatic carbocycles. The molecule has 104 valence electrons. The zero-order valence-electron chi connectivity index (χ0n) is 10.5. The Bertz CT molecular complexity index is 396. The molecular formula is C11H21N3O3S. The van der Waals surface area contributed by atoms with Crippen molar-refractivity contribution in [1.82, 2.24) is 9.03 Å². The van der Waals surface area contributed by atoms with Crippen molar-refractivity contribution in [1.29, 1.82) is 0 Å². The van der Waals surface area contributed by atoms with E-state index in [2.05, 4.69) is 4.72 Å². The van der Waals surface area contributed by atoms with Gasteiger partial charge < -0.3 is 5.73 Å². The molecule has 6 nitrogen and oxygen atoms in total. The summed E-state index contributed by atoms with van der Waals surface area (Å²) in [6.07, 6.45) is 5.10. The van der Waals surface area contributed by atoms with Crippen LogP contribution in [0.5, 0.6) is 0 Å². The number of amides is 1. The number of nitrogens with two attached hydrogens (primary N) is 1. The normalized spacial score (nSPS) is 24.4. The van der Waals surface area contributed by atoms with Crippen LogP contribution in [0.15, 0.2) is 0 Å². The third-order valence-electron chi connectivity index (χ3n) is 3.87. The Hall–Kier alpha value is -0.660. The molecule has 1 aliphatic heterocycles. The van der Waals surface area contributed by atoms with Crippen LogP contribution in [0.4, 0.5) is 0 Å². The molecule has 2 aliphatic rings. The van der Waals surface area contributed by atoms with E-state index in [4.69, 9.17) is 5.73 Å². The highest BCUT2D eigenvalue weighted by atomic mass is 32.2. The van der Waals surface area contributed by atoms with Gasteiger partial charge in [-0.3, -0.25) is 4.79 Å². The number of nitrogens with one attached hydrogen (secondary N) is 1. The molecule has 1 saturated carbocycles. The fourth-order valence-electron chi connectivity index (χ4n) is 2.71. The van der Waals surface area contributed by atoms with E-state index >= 15 is 0 Å². The van der Waals surface area contributed by atoms with Crippen molar-refractivity contribution in [3.63, 3.8) is 0 Å². The maximum absolute atomic E-state index is 12.1. The van der Waals surface area contributed by atoms with Crippen molar-refractivity contribution in [2.75, 3.05) is 13.1 Å². The Morgan fingerprint density at radius 3 is 2.17 bits per heavy atom. The summed E-state index contributed by atoms with van der Waals surface area (Å²) in [7, 11) is -3.38. The topological polar surface area (TPSA) is 92.5 Å². The number of piperidine rings is 1. The lowest BCUT2D eigenvalue weighted by atomic mass is 9.98. The van der Waals surface area contributed by atoms with Gasteiger partial charge in [0.15, 0.2) is 0 Å². The minimum absolute atomic E-state index is 0.0869. The van der Waals surface area contributed by atoms with Crippen molar-refractivity contribution in [3.05, 3.63) is 0 Å². The SMILES string of the molecule is NC(=O)C1CCN(S(=O)(=O)NC2CCCC2)CC1. The van der Waals surface area contributed by atoms with Crippen LogP contribution in [-0.4, -0.2) is 37.8 Å². The second-order valence-corrected chi connectivity index (χ2v) is 6.88. The smallest absolute Gasteiger partial charge is 0.279 e. The van der Waals surface area contributed by atoms with Crippen molar-refractivity contribution < 1.29 is 13.2 Å². The van der Waals surface area contributed by atoms with E-state index in [-0.39, 0.29) is 17.9 Å². The molecule has 0 aromatic heterocycles. The first kappa shape index (κ1) is 13.8. The van der Waals surface area contributed by atoms with Gasteiger partial charge in [-0.1, -0.05) is 12.8 Å². The van der Waals surface area contributed by atoms with Gasteiger partial charge in [0.05, 0.1) is 0 Å². The highest BCUT2D eigenvalue weighted by Gasteiger charge is 2.32. The number of carbonyl (C=O) groups excluding carboxylic acids is 1. The van der Waals surface area contributed by atoms with Crippen LogP contribution in [0.2, 0.25) is 0 Å². The quantitative estimate of drug-likeness (QED) is 0.754. The average molecular weight is 275 g/mol. The summed E-state index contributed by atoms with van der Waals surface area (Å²) in [5, 5.41) is 0. The lowest BCUT2D eigenvalue weighted by Gasteiger charge is -2.30. The maximum atomic E-state index is 12.1. The summed E-state index contributed by atoms with van der Waals surface area (Å²) in [6.45, 7) is 0.769. The monoisotopic (exact) mass is 275 g/mol. The molecule has 3 N–H and O–H groups in total. The van der Waals surface area contributed by atoms with Crippen molar-refractivity contribution in [3.8, 4) is 0 Å². The summed E-state index contributed by atoms with van der Waals surface area (Å²) in [5.41, 5.74) is 5.23. The van der Waals surface area contributed by atoms with Crippen LogP contribution in [0.1, 0.15) is 38.5 Å². The largest absolute Gasteiger partial charge is 0.369 e. The molecule has 0 aromatic rings. The number of nitrogens with zero attached hydrogens (tertiary/aromatic N) is 1. The molecule has 2 rings (SSSR count). The van der Waals surface area contributed by atoms with Gasteiger partial charge in [0.25, 0.3) is 10.2 Å². The first-order chi connectivity index (χ1) is 8.49. The molecule has 1 amide bonds. The summed E-state index contributed by atoms with van der Waals surface area (Å²) in [4.78, 5) is 11.0. The van der Waals surface area contributed by atoms with Gasteiger partial charge in [-0.25, -0.2) is 0 Å². The van der Waals surface area contributed by atoms with Gasteiger partial charge in [-0.05, 0) is 25.7 Å². The van der Waals surface area contributed by atoms with E-state index in [0.717, 1.165) is 25.7 Å². The highest BCUT2D eigenvalue weighted by Crippen LogP contribution is 2.22. The van der Waals surface area contributed by atoms with Crippen molar-refractivity contribution in [2.45, 2.75) is 44.6 Å². The predicted octanol–water partition coefficient (Wildman–Crippen LogP) is -0.0393. The molecule has 1 saturated heterocycles. The summed E-state index contributed by atoms with van der Waals surface area (Å²) in [5.74, 6) is -0.501. The first-order valence-corrected chi connectivity index (χ1v) is 8.00. The predicted molar refractivity (Wildman–Crippen MR) is 67.8 cm³/mol. The minimum Gasteiger partial charge on any atom is -0.369 e. The maximum Gasteiger partial charge on any atom is 0.279 e. The van der Waals surface area contributed by atoms with E-state index in [0.29, 0.717) is 25.9 Å². The molecule has 1 heterocycles. The highest BCUT2D eigenvalue weighted by molar-refractivity contribution is 7.87. The second kappa shape index (κ2) is 5.54. The average Bonchev–Trinajstić information content (AvgIpc) is 2.81. The molecule has 0 spiro atoms. The number of hydrogen-bond donors (Lipinski definition) is 2. The number of primary amides is 1. The molecule has 2 fully saturated rings. The van der Waals surface area contributed by atoms with Crippen LogP contribution >= 0.6 is 0 Å². The third kappa shape index (κ3) is 3.21. The third-order valence-corrected chi connectivity index (χ3v) is 5.54. The first-order valence-electron chi connectivity index (χ1n) is 6.56. The van der Waals surface area contributed by atoms with E-state index in [1.807, 2.05) is 0 Å². The van der Waals surface area contributed by atoms with Crippen LogP contribution in [-0.2, 0) is 15.0 Å². The summed E-state index contributed by atoms with van der Waals surface area (Å²) >= 11 is 0. The standard InChI is InChI=1S/C11H21N3O3S/c12-11(15)9-5-7-14(8-6-9)18(16,17)13-10-3-1-2-4-10/h9-10,13H,1-8H2,(H2,12,15). The van der Waals surface area contributed by atoms with E-state index in [1.165, 1.54) is 4.31 Å². The van der Waals surface area contributed by atoms with Gasteiger partial charge in [-0.15, -0.1) is 0 Å². The lowest BCUT2D eigenvalue weighted by Crippen LogP contribution is -2.48. The molecule has 0 unspecified atom stereocenters. The Morgan fingerprint density at radius 2 is 1.67 bits per heavy atom. The molecule has 0 bridgehead atoms. The molecule has 0 aromatic carbocycles. The van der Waals surface area contributed by atoms with Crippen molar-refractivity contribution in [2.24, 2.45) is 11.7 Å². The zero-order chi connectivity index (χ0) is 13.2. The number of carbonyl (C=O) groups is 1. The zero-order valence-corrected chi connectivity index (χ0v) is 11.3. The summed E-state index contributed by atoms with van der Waals surface area (Å²) in [6, 6.07) is 0.0869. The van der Waals surface area contributed by atoms with Gasteiger partial charge in [0, 0.05) is 25.0 Å². The van der Waals surface area contributed by atoms with Gasteiger partial charge >= 0.3 is 0 Å². The Balaban J connectivity index is 1.89. The summed E-state index contributed by atoms with van der Waals surface area (Å²) < 4.78 is 28.4. The molecule has 0 atom stereocenters. The fraction of sp³-hybridized carbons (Fsp3) is 0.909. The van der Waals surface area contributed by atoms with E-state index in [1.54, 1.807) is 0 Å². The Morgan fingerprint density at radius 1 is 1.11 bits per heavy atom. The van der Waals surface area contributed by atoms with Crippen molar-refractivity contribution >= 4 is 16.1 Å². The molecule has 7 heteroatoms. The molecule has 0 radical (unpaired) electrons. The van der Waals surface area contributed by atoms with Gasteiger partial charge in [0.1, 0.15) is 0 Å².